The molecule has 1 aliphatic rings. The van der Waals surface area contributed by atoms with Gasteiger partial charge in [0.15, 0.2) is 11.5 Å². The highest BCUT2D eigenvalue weighted by Crippen LogP contribution is 2.30. The quantitative estimate of drug-likeness (QED) is 0.409. The second kappa shape index (κ2) is 10.7. The summed E-state index contributed by atoms with van der Waals surface area (Å²) in [7, 11) is 0. The summed E-state index contributed by atoms with van der Waals surface area (Å²) in [6, 6.07) is 5.03. The zero-order valence-corrected chi connectivity index (χ0v) is 21.4. The van der Waals surface area contributed by atoms with Gasteiger partial charge in [-0.3, -0.25) is 4.79 Å². The summed E-state index contributed by atoms with van der Waals surface area (Å²) < 4.78 is 44.1. The largest absolute Gasteiger partial charge is 0.461 e. The second-order valence-electron chi connectivity index (χ2n) is 8.33. The van der Waals surface area contributed by atoms with Crippen molar-refractivity contribution in [2.75, 3.05) is 37.7 Å². The van der Waals surface area contributed by atoms with E-state index in [-0.39, 0.29) is 46.0 Å². The standard InChI is InChI=1S/C24H22Cl2F3N5O3/c1-3-37-23(36)20-21(32-18-12-16(26)15(25)11-17(18)31-20)33-7-4-8-34(10-9-33)22(35)14-5-6-19(24(27,28)29)30-13(14)2/h5-6,11-12H,3-4,7-10H2,1-2H3. The van der Waals surface area contributed by atoms with Crippen LogP contribution in [0.1, 0.15) is 45.6 Å². The van der Waals surface area contributed by atoms with Gasteiger partial charge >= 0.3 is 12.1 Å². The third-order valence-corrected chi connectivity index (χ3v) is 6.57. The number of carbonyl (C=O) groups is 2. The molecule has 2 aromatic heterocycles. The second-order valence-corrected chi connectivity index (χ2v) is 9.15. The summed E-state index contributed by atoms with van der Waals surface area (Å²) in [5.74, 6) is -0.787. The number of aromatic nitrogens is 3. The maximum atomic E-state index is 13.1. The molecule has 0 N–H and O–H groups in total. The van der Waals surface area contributed by atoms with Crippen molar-refractivity contribution in [2.24, 2.45) is 0 Å². The first kappa shape index (κ1) is 26.9. The molecule has 0 radical (unpaired) electrons. The Hall–Kier alpha value is -3.18. The lowest BCUT2D eigenvalue weighted by molar-refractivity contribution is -0.141. The van der Waals surface area contributed by atoms with Crippen molar-refractivity contribution in [3.8, 4) is 0 Å². The average molecular weight is 556 g/mol. The Labute approximate surface area is 220 Å². The molecule has 1 aliphatic heterocycles. The lowest BCUT2D eigenvalue weighted by atomic mass is 10.1. The number of fused-ring (bicyclic) bond motifs is 1. The van der Waals surface area contributed by atoms with E-state index < -0.39 is 23.7 Å². The van der Waals surface area contributed by atoms with Gasteiger partial charge < -0.3 is 14.5 Å². The topological polar surface area (TPSA) is 88.5 Å². The van der Waals surface area contributed by atoms with Gasteiger partial charge in [0.05, 0.1) is 38.9 Å². The highest BCUT2D eigenvalue weighted by molar-refractivity contribution is 6.42. The molecule has 0 atom stereocenters. The normalized spacial score (nSPS) is 14.6. The van der Waals surface area contributed by atoms with E-state index in [1.807, 2.05) is 4.90 Å². The first-order chi connectivity index (χ1) is 17.5. The van der Waals surface area contributed by atoms with E-state index in [1.54, 1.807) is 17.9 Å². The van der Waals surface area contributed by atoms with Crippen LogP contribution in [0, 0.1) is 6.92 Å². The third-order valence-electron chi connectivity index (χ3n) is 5.85. The van der Waals surface area contributed by atoms with Crippen molar-refractivity contribution in [1.82, 2.24) is 19.9 Å². The van der Waals surface area contributed by atoms with E-state index in [9.17, 15) is 22.8 Å². The zero-order chi connectivity index (χ0) is 26.9. The van der Waals surface area contributed by atoms with Crippen LogP contribution >= 0.6 is 23.2 Å². The number of anilines is 1. The van der Waals surface area contributed by atoms with Crippen LogP contribution in [-0.2, 0) is 10.9 Å². The Bertz CT molecular complexity index is 1370. The Morgan fingerprint density at radius 2 is 1.68 bits per heavy atom. The van der Waals surface area contributed by atoms with Crippen molar-refractivity contribution in [2.45, 2.75) is 26.4 Å². The van der Waals surface area contributed by atoms with Crippen molar-refractivity contribution in [3.05, 3.63) is 57.0 Å². The summed E-state index contributed by atoms with van der Waals surface area (Å²) in [6.45, 7) is 4.53. The molecule has 8 nitrogen and oxygen atoms in total. The minimum absolute atomic E-state index is 0.00135. The number of benzene rings is 1. The number of carbonyl (C=O) groups excluding carboxylic acids is 2. The molecule has 1 fully saturated rings. The molecule has 0 saturated carbocycles. The van der Waals surface area contributed by atoms with Gasteiger partial charge in [-0.2, -0.15) is 13.2 Å². The van der Waals surface area contributed by atoms with Crippen LogP contribution in [0.25, 0.3) is 11.0 Å². The molecular weight excluding hydrogens is 534 g/mol. The number of esters is 1. The first-order valence-corrected chi connectivity index (χ1v) is 12.2. The van der Waals surface area contributed by atoms with Crippen LogP contribution in [0.4, 0.5) is 19.0 Å². The molecule has 196 valence electrons. The number of amides is 1. The smallest absolute Gasteiger partial charge is 0.433 e. The monoisotopic (exact) mass is 555 g/mol. The molecule has 1 aromatic carbocycles. The summed E-state index contributed by atoms with van der Waals surface area (Å²) >= 11 is 12.3. The molecular formula is C24H22Cl2F3N5O3. The number of halogens is 5. The molecule has 4 rings (SSSR count). The maximum Gasteiger partial charge on any atom is 0.433 e. The molecule has 1 saturated heterocycles. The molecule has 0 bridgehead atoms. The number of pyridine rings is 1. The number of alkyl halides is 3. The van der Waals surface area contributed by atoms with E-state index in [0.29, 0.717) is 37.1 Å². The Morgan fingerprint density at radius 3 is 2.30 bits per heavy atom. The molecule has 37 heavy (non-hydrogen) atoms. The molecule has 0 aliphatic carbocycles. The van der Waals surface area contributed by atoms with Crippen LogP contribution in [-0.4, -0.2) is 64.5 Å². The summed E-state index contributed by atoms with van der Waals surface area (Å²) in [5.41, 5.74) is -0.131. The number of aryl methyl sites for hydroxylation is 1. The van der Waals surface area contributed by atoms with Crippen molar-refractivity contribution in [3.63, 3.8) is 0 Å². The van der Waals surface area contributed by atoms with Gasteiger partial charge in [-0.25, -0.2) is 19.7 Å². The number of hydrogen-bond donors (Lipinski definition) is 0. The summed E-state index contributed by atoms with van der Waals surface area (Å²) in [4.78, 5) is 41.9. The average Bonchev–Trinajstić information content (AvgIpc) is 3.09. The van der Waals surface area contributed by atoms with Crippen LogP contribution < -0.4 is 4.90 Å². The van der Waals surface area contributed by atoms with Crippen LogP contribution in [0.15, 0.2) is 24.3 Å². The Morgan fingerprint density at radius 1 is 1.00 bits per heavy atom. The number of nitrogens with zero attached hydrogens (tertiary/aromatic N) is 5. The van der Waals surface area contributed by atoms with E-state index >= 15 is 0 Å². The molecule has 13 heteroatoms. The van der Waals surface area contributed by atoms with E-state index in [1.165, 1.54) is 13.0 Å². The number of rotatable bonds is 4. The Kier molecular flexibility index (Phi) is 7.75. The Balaban J connectivity index is 1.61. The lowest BCUT2D eigenvalue weighted by Crippen LogP contribution is -2.36. The van der Waals surface area contributed by atoms with E-state index in [2.05, 4.69) is 15.0 Å². The fourth-order valence-electron chi connectivity index (χ4n) is 4.05. The highest BCUT2D eigenvalue weighted by atomic mass is 35.5. The van der Waals surface area contributed by atoms with Gasteiger partial charge in [0.1, 0.15) is 5.69 Å². The molecule has 3 heterocycles. The van der Waals surface area contributed by atoms with Gasteiger partial charge in [0, 0.05) is 26.2 Å². The van der Waals surface area contributed by atoms with Crippen LogP contribution in [0.2, 0.25) is 10.0 Å². The summed E-state index contributed by atoms with van der Waals surface area (Å²) in [6.07, 6.45) is -4.08. The van der Waals surface area contributed by atoms with Gasteiger partial charge in [-0.1, -0.05) is 23.2 Å². The highest BCUT2D eigenvalue weighted by Gasteiger charge is 2.34. The lowest BCUT2D eigenvalue weighted by Gasteiger charge is -2.24. The molecule has 0 unspecified atom stereocenters. The molecule has 1 amide bonds. The van der Waals surface area contributed by atoms with E-state index in [4.69, 9.17) is 27.9 Å². The van der Waals surface area contributed by atoms with Gasteiger partial charge in [-0.05, 0) is 44.5 Å². The zero-order valence-electron chi connectivity index (χ0n) is 19.9. The van der Waals surface area contributed by atoms with Gasteiger partial charge in [0.2, 0.25) is 0 Å². The van der Waals surface area contributed by atoms with Gasteiger partial charge in [0.25, 0.3) is 5.91 Å². The predicted octanol–water partition coefficient (Wildman–Crippen LogP) is 5.19. The molecule has 0 spiro atoms. The number of ether oxygens (including phenoxy) is 1. The SMILES string of the molecule is CCOC(=O)c1nc2cc(Cl)c(Cl)cc2nc1N1CCCN(C(=O)c2ccc(C(F)(F)F)nc2C)CC1. The fraction of sp³-hybridized carbons (Fsp3) is 0.375. The molecule has 3 aromatic rings. The third kappa shape index (κ3) is 5.72. The maximum absolute atomic E-state index is 13.1. The van der Waals surface area contributed by atoms with Crippen LogP contribution in [0.3, 0.4) is 0 Å². The minimum Gasteiger partial charge on any atom is -0.461 e. The first-order valence-electron chi connectivity index (χ1n) is 11.4. The van der Waals surface area contributed by atoms with Crippen LogP contribution in [0.5, 0.6) is 0 Å². The van der Waals surface area contributed by atoms with Crippen molar-refractivity contribution < 1.29 is 27.5 Å². The summed E-state index contributed by atoms with van der Waals surface area (Å²) in [5, 5.41) is 0.550. The predicted molar refractivity (Wildman–Crippen MR) is 132 cm³/mol. The van der Waals surface area contributed by atoms with Crippen molar-refractivity contribution >= 4 is 51.9 Å². The van der Waals surface area contributed by atoms with Gasteiger partial charge in [-0.15, -0.1) is 0 Å². The van der Waals surface area contributed by atoms with E-state index in [0.717, 1.165) is 12.1 Å². The number of hydrogen-bond acceptors (Lipinski definition) is 7. The van der Waals surface area contributed by atoms with Crippen molar-refractivity contribution in [1.29, 1.82) is 0 Å². The fourth-order valence-corrected chi connectivity index (χ4v) is 4.36. The minimum atomic E-state index is -4.59.